The van der Waals surface area contributed by atoms with Crippen LogP contribution in [0.2, 0.25) is 5.02 Å². The van der Waals surface area contributed by atoms with E-state index in [1.165, 1.54) is 17.6 Å². The van der Waals surface area contributed by atoms with Crippen molar-refractivity contribution < 1.29 is 36.3 Å². The molecule has 0 aliphatic heterocycles. The van der Waals surface area contributed by atoms with E-state index < -0.39 is 59.0 Å². The summed E-state index contributed by atoms with van der Waals surface area (Å²) in [5, 5.41) is 5.15. The summed E-state index contributed by atoms with van der Waals surface area (Å²) in [7, 11) is 0. The molecular weight excluding hydrogens is 609 g/mol. The average Bonchev–Trinajstić information content (AvgIpc) is 3.30. The lowest BCUT2D eigenvalue weighted by atomic mass is 9.96. The Bertz CT molecular complexity index is 1710. The van der Waals surface area contributed by atoms with Crippen molar-refractivity contribution >= 4 is 35.0 Å². The fraction of sp³-hybridized carbons (Fsp3) is 0.233. The van der Waals surface area contributed by atoms with Crippen LogP contribution in [0.3, 0.4) is 0 Å². The molecule has 0 bridgehead atoms. The second kappa shape index (κ2) is 13.3. The van der Waals surface area contributed by atoms with Gasteiger partial charge in [-0.2, -0.15) is 13.2 Å². The standard InChI is InChI=1S/C30H25ClF5N5O3/c1-16(42)15-41-25(17(2)23-13-21(32)5-6-24(23)31)26(39-27(41)29(44)38-9-7-18-4-3-8-37-14-18)40-28(43)19-10-20(30(34,35)36)12-22(33)11-19/h3-6,8,10-14,17H,7,9,15H2,1-2H3,(H,38,44)(H,40,43)/t17-/m0/s1. The molecule has 2 N–H and O–H groups in total. The first kappa shape index (κ1) is 32.3. The number of hydrogen-bond acceptors (Lipinski definition) is 5. The molecule has 0 unspecified atom stereocenters. The number of alkyl halides is 3. The number of hydrogen-bond donors (Lipinski definition) is 2. The molecule has 2 aromatic carbocycles. The van der Waals surface area contributed by atoms with Gasteiger partial charge in [0.2, 0.25) is 5.82 Å². The molecule has 0 aliphatic carbocycles. The van der Waals surface area contributed by atoms with E-state index >= 15 is 0 Å². The van der Waals surface area contributed by atoms with Crippen LogP contribution in [0.15, 0.2) is 60.9 Å². The molecule has 2 heterocycles. The van der Waals surface area contributed by atoms with Crippen molar-refractivity contribution in [3.8, 4) is 0 Å². The van der Waals surface area contributed by atoms with Crippen molar-refractivity contribution in [2.75, 3.05) is 11.9 Å². The van der Waals surface area contributed by atoms with Crippen LogP contribution in [0.4, 0.5) is 27.8 Å². The summed E-state index contributed by atoms with van der Waals surface area (Å²) in [5.74, 6) is -5.82. The van der Waals surface area contributed by atoms with E-state index in [0.717, 1.165) is 17.7 Å². The molecule has 4 aromatic rings. The Morgan fingerprint density at radius 3 is 2.43 bits per heavy atom. The number of rotatable bonds is 10. The van der Waals surface area contributed by atoms with Crippen molar-refractivity contribution in [3.63, 3.8) is 0 Å². The highest BCUT2D eigenvalue weighted by Gasteiger charge is 2.33. The number of carbonyl (C=O) groups is 3. The summed E-state index contributed by atoms with van der Waals surface area (Å²) >= 11 is 6.34. The van der Waals surface area contributed by atoms with Gasteiger partial charge >= 0.3 is 6.18 Å². The van der Waals surface area contributed by atoms with E-state index in [1.807, 2.05) is 6.07 Å². The highest BCUT2D eigenvalue weighted by molar-refractivity contribution is 6.31. The molecule has 0 saturated heterocycles. The number of nitrogens with one attached hydrogen (secondary N) is 2. The Hall–Kier alpha value is -4.65. The molecule has 0 fully saturated rings. The Balaban J connectivity index is 1.79. The van der Waals surface area contributed by atoms with Gasteiger partial charge in [0.15, 0.2) is 5.82 Å². The minimum Gasteiger partial charge on any atom is -0.349 e. The van der Waals surface area contributed by atoms with Crippen LogP contribution in [-0.2, 0) is 23.9 Å². The van der Waals surface area contributed by atoms with E-state index in [1.54, 1.807) is 25.4 Å². The topological polar surface area (TPSA) is 106 Å². The van der Waals surface area contributed by atoms with Gasteiger partial charge < -0.3 is 15.2 Å². The number of pyridine rings is 1. The van der Waals surface area contributed by atoms with E-state index in [-0.39, 0.29) is 40.5 Å². The smallest absolute Gasteiger partial charge is 0.349 e. The number of Topliss-reactive ketones (excluding diaryl/α,β-unsaturated/α-hetero) is 1. The van der Waals surface area contributed by atoms with Crippen LogP contribution in [0.25, 0.3) is 0 Å². The Kier molecular flexibility index (Phi) is 9.78. The van der Waals surface area contributed by atoms with Crippen LogP contribution < -0.4 is 10.6 Å². The molecule has 0 spiro atoms. The van der Waals surface area contributed by atoms with E-state index in [2.05, 4.69) is 20.6 Å². The number of halogens is 6. The molecule has 0 radical (unpaired) electrons. The SMILES string of the molecule is CC(=O)Cn1c(C(=O)NCCc2cccnc2)nc(NC(=O)c2cc(F)cc(C(F)(F)F)c2)c1[C@@H](C)c1cc(F)ccc1Cl. The van der Waals surface area contributed by atoms with Crippen molar-refractivity contribution in [2.24, 2.45) is 0 Å². The third-order valence-corrected chi connectivity index (χ3v) is 6.91. The zero-order valence-electron chi connectivity index (χ0n) is 23.3. The summed E-state index contributed by atoms with van der Waals surface area (Å²) in [5.41, 5.74) is -0.996. The molecule has 44 heavy (non-hydrogen) atoms. The maximum Gasteiger partial charge on any atom is 0.416 e. The maximum absolute atomic E-state index is 14.2. The van der Waals surface area contributed by atoms with Gasteiger partial charge in [0, 0.05) is 35.4 Å². The Morgan fingerprint density at radius 2 is 1.77 bits per heavy atom. The van der Waals surface area contributed by atoms with Crippen LogP contribution >= 0.6 is 11.6 Å². The number of nitrogens with zero attached hydrogens (tertiary/aromatic N) is 3. The first-order valence-electron chi connectivity index (χ1n) is 13.2. The molecule has 8 nitrogen and oxygen atoms in total. The van der Waals surface area contributed by atoms with Crippen molar-refractivity contribution in [1.29, 1.82) is 0 Å². The zero-order valence-corrected chi connectivity index (χ0v) is 24.1. The molecule has 2 amide bonds. The zero-order chi connectivity index (χ0) is 32.2. The lowest BCUT2D eigenvalue weighted by Gasteiger charge is -2.19. The molecule has 0 saturated carbocycles. The monoisotopic (exact) mass is 633 g/mol. The summed E-state index contributed by atoms with van der Waals surface area (Å²) < 4.78 is 69.5. The molecule has 230 valence electrons. The van der Waals surface area contributed by atoms with Gasteiger partial charge in [-0.1, -0.05) is 24.6 Å². The molecular formula is C30H25ClF5N5O3. The summed E-state index contributed by atoms with van der Waals surface area (Å²) in [6.45, 7) is 2.54. The number of aromatic nitrogens is 3. The largest absolute Gasteiger partial charge is 0.416 e. The van der Waals surface area contributed by atoms with Gasteiger partial charge in [-0.15, -0.1) is 0 Å². The minimum atomic E-state index is -4.94. The van der Waals surface area contributed by atoms with Gasteiger partial charge in [0.05, 0.1) is 17.8 Å². The number of amides is 2. The van der Waals surface area contributed by atoms with Crippen LogP contribution in [0.5, 0.6) is 0 Å². The van der Waals surface area contributed by atoms with E-state index in [4.69, 9.17) is 11.6 Å². The van der Waals surface area contributed by atoms with Crippen molar-refractivity contribution in [2.45, 2.75) is 38.9 Å². The Labute approximate surface area is 253 Å². The number of ketones is 1. The molecule has 0 aliphatic rings. The number of carbonyl (C=O) groups excluding carboxylic acids is 3. The summed E-state index contributed by atoms with van der Waals surface area (Å²) in [4.78, 5) is 47.1. The lowest BCUT2D eigenvalue weighted by molar-refractivity contribution is -0.137. The maximum atomic E-state index is 14.2. The predicted molar refractivity (Wildman–Crippen MR) is 151 cm³/mol. The minimum absolute atomic E-state index is 0.0332. The molecule has 1 atom stereocenters. The third kappa shape index (κ3) is 7.64. The van der Waals surface area contributed by atoms with Crippen molar-refractivity contribution in [3.05, 3.63) is 111 Å². The van der Waals surface area contributed by atoms with E-state index in [9.17, 15) is 36.3 Å². The normalized spacial score (nSPS) is 12.1. The van der Waals surface area contributed by atoms with Crippen LogP contribution in [-0.4, -0.2) is 38.7 Å². The highest BCUT2D eigenvalue weighted by atomic mass is 35.5. The van der Waals surface area contributed by atoms with Crippen LogP contribution in [0, 0.1) is 11.6 Å². The second-order valence-corrected chi connectivity index (χ2v) is 10.3. The van der Waals surface area contributed by atoms with Gasteiger partial charge in [0.1, 0.15) is 17.4 Å². The fourth-order valence-corrected chi connectivity index (χ4v) is 4.84. The summed E-state index contributed by atoms with van der Waals surface area (Å²) in [6.07, 6.45) is -1.32. The van der Waals surface area contributed by atoms with Gasteiger partial charge in [-0.3, -0.25) is 19.4 Å². The first-order chi connectivity index (χ1) is 20.7. The molecule has 14 heteroatoms. The number of anilines is 1. The van der Waals surface area contributed by atoms with Crippen LogP contribution in [0.1, 0.15) is 63.1 Å². The quantitative estimate of drug-likeness (QED) is 0.203. The average molecular weight is 634 g/mol. The lowest BCUT2D eigenvalue weighted by Crippen LogP contribution is -2.30. The fourth-order valence-electron chi connectivity index (χ4n) is 4.56. The number of benzene rings is 2. The van der Waals surface area contributed by atoms with Gasteiger partial charge in [0.25, 0.3) is 11.8 Å². The summed E-state index contributed by atoms with van der Waals surface area (Å²) in [6, 6.07) is 8.39. The second-order valence-electron chi connectivity index (χ2n) is 9.89. The third-order valence-electron chi connectivity index (χ3n) is 6.57. The highest BCUT2D eigenvalue weighted by Crippen LogP contribution is 2.36. The Morgan fingerprint density at radius 1 is 1.02 bits per heavy atom. The van der Waals surface area contributed by atoms with Gasteiger partial charge in [-0.05, 0) is 66.9 Å². The molecule has 2 aromatic heterocycles. The van der Waals surface area contributed by atoms with Gasteiger partial charge in [-0.25, -0.2) is 13.8 Å². The number of imidazole rings is 1. The first-order valence-corrected chi connectivity index (χ1v) is 13.5. The van der Waals surface area contributed by atoms with E-state index in [0.29, 0.717) is 18.6 Å². The van der Waals surface area contributed by atoms with Crippen molar-refractivity contribution in [1.82, 2.24) is 19.9 Å². The predicted octanol–water partition coefficient (Wildman–Crippen LogP) is 6.19. The molecule has 4 rings (SSSR count).